The highest BCUT2D eigenvalue weighted by atomic mass is 16.6. The Morgan fingerprint density at radius 2 is 1.93 bits per heavy atom. The van der Waals surface area contributed by atoms with Crippen molar-refractivity contribution in [3.05, 3.63) is 69.8 Å². The second kappa shape index (κ2) is 9.40. The Kier molecular flexibility index (Phi) is 6.68. The smallest absolute Gasteiger partial charge is 0.292 e. The predicted molar refractivity (Wildman–Crippen MR) is 115 cm³/mol. The molecule has 7 nitrogen and oxygen atoms in total. The third kappa shape index (κ3) is 4.60. The van der Waals surface area contributed by atoms with Crippen molar-refractivity contribution in [2.45, 2.75) is 38.0 Å². The lowest BCUT2D eigenvalue weighted by Crippen LogP contribution is -2.43. The molecule has 1 N–H and O–H groups in total. The van der Waals surface area contributed by atoms with Crippen molar-refractivity contribution in [1.29, 1.82) is 5.26 Å². The third-order valence-corrected chi connectivity index (χ3v) is 5.70. The van der Waals surface area contributed by atoms with E-state index in [1.54, 1.807) is 24.0 Å². The Labute approximate surface area is 176 Å². The van der Waals surface area contributed by atoms with Crippen molar-refractivity contribution in [3.8, 4) is 6.07 Å². The first-order valence-corrected chi connectivity index (χ1v) is 10.2. The highest BCUT2D eigenvalue weighted by molar-refractivity contribution is 5.89. The van der Waals surface area contributed by atoms with Crippen LogP contribution in [0.5, 0.6) is 0 Å². The first-order chi connectivity index (χ1) is 14.5. The van der Waals surface area contributed by atoms with Gasteiger partial charge in [-0.1, -0.05) is 36.4 Å². The summed E-state index contributed by atoms with van der Waals surface area (Å²) in [5.74, 6) is -0.138. The van der Waals surface area contributed by atoms with Gasteiger partial charge in [0, 0.05) is 25.7 Å². The molecule has 7 heteroatoms. The summed E-state index contributed by atoms with van der Waals surface area (Å²) in [7, 11) is 0. The standard InChI is InChI=1S/C23H26N4O3/c1-23(12-13-24,22(28)26-15-5-6-16-26)19-9-10-20(21(17-19)27(29)30)25-14-11-18-7-3-2-4-8-18/h2-4,7-10,17,25H,5-6,11-12,14-16H2,1H3. The fourth-order valence-corrected chi connectivity index (χ4v) is 3.89. The topological polar surface area (TPSA) is 99.3 Å². The average Bonchev–Trinajstić information content (AvgIpc) is 3.29. The summed E-state index contributed by atoms with van der Waals surface area (Å²) in [6.45, 7) is 3.59. The summed E-state index contributed by atoms with van der Waals surface area (Å²) in [6.07, 6.45) is 2.59. The van der Waals surface area contributed by atoms with Crippen LogP contribution in [0, 0.1) is 21.4 Å². The van der Waals surface area contributed by atoms with Crippen LogP contribution in [0.1, 0.15) is 37.3 Å². The van der Waals surface area contributed by atoms with Gasteiger partial charge in [0.05, 0.1) is 22.8 Å². The molecule has 0 radical (unpaired) electrons. The maximum Gasteiger partial charge on any atom is 0.292 e. The van der Waals surface area contributed by atoms with Gasteiger partial charge in [0.2, 0.25) is 5.91 Å². The minimum Gasteiger partial charge on any atom is -0.379 e. The highest BCUT2D eigenvalue weighted by Crippen LogP contribution is 2.36. The molecule has 1 aliphatic heterocycles. The largest absolute Gasteiger partial charge is 0.379 e. The van der Waals surface area contributed by atoms with Gasteiger partial charge in [-0.2, -0.15) is 5.26 Å². The minimum absolute atomic E-state index is 0.0275. The molecule has 0 bridgehead atoms. The number of benzene rings is 2. The Morgan fingerprint density at radius 1 is 1.23 bits per heavy atom. The molecule has 1 atom stereocenters. The molecule has 0 spiro atoms. The van der Waals surface area contributed by atoms with Gasteiger partial charge in [0.1, 0.15) is 5.69 Å². The number of anilines is 1. The number of nitro benzene ring substituents is 1. The van der Waals surface area contributed by atoms with E-state index in [0.717, 1.165) is 24.8 Å². The summed E-state index contributed by atoms with van der Waals surface area (Å²) in [5.41, 5.74) is 0.863. The molecular formula is C23H26N4O3. The molecule has 1 amide bonds. The van der Waals surface area contributed by atoms with Gasteiger partial charge in [-0.05, 0) is 43.4 Å². The van der Waals surface area contributed by atoms with Crippen molar-refractivity contribution < 1.29 is 9.72 Å². The molecule has 0 aliphatic carbocycles. The van der Waals surface area contributed by atoms with E-state index >= 15 is 0 Å². The molecule has 156 valence electrons. The van der Waals surface area contributed by atoms with E-state index in [4.69, 9.17) is 0 Å². The fraction of sp³-hybridized carbons (Fsp3) is 0.391. The minimum atomic E-state index is -1.10. The predicted octanol–water partition coefficient (Wildman–Crippen LogP) is 4.04. The lowest BCUT2D eigenvalue weighted by Gasteiger charge is -2.31. The number of hydrogen-bond donors (Lipinski definition) is 1. The van der Waals surface area contributed by atoms with E-state index in [9.17, 15) is 20.2 Å². The van der Waals surface area contributed by atoms with Crippen LogP contribution in [-0.2, 0) is 16.6 Å². The molecule has 3 rings (SSSR count). The van der Waals surface area contributed by atoms with Crippen molar-refractivity contribution >= 4 is 17.3 Å². The zero-order valence-electron chi connectivity index (χ0n) is 17.1. The number of carbonyl (C=O) groups is 1. The number of amides is 1. The van der Waals surface area contributed by atoms with Gasteiger partial charge in [0.25, 0.3) is 5.69 Å². The monoisotopic (exact) mass is 406 g/mol. The number of nitrogens with zero attached hydrogens (tertiary/aromatic N) is 3. The van der Waals surface area contributed by atoms with Gasteiger partial charge < -0.3 is 10.2 Å². The molecule has 1 heterocycles. The van der Waals surface area contributed by atoms with E-state index < -0.39 is 10.3 Å². The van der Waals surface area contributed by atoms with Crippen LogP contribution >= 0.6 is 0 Å². The van der Waals surface area contributed by atoms with Crippen molar-refractivity contribution in [2.24, 2.45) is 0 Å². The van der Waals surface area contributed by atoms with Crippen LogP contribution in [0.3, 0.4) is 0 Å². The third-order valence-electron chi connectivity index (χ3n) is 5.70. The number of hydrogen-bond acceptors (Lipinski definition) is 5. The van der Waals surface area contributed by atoms with Crippen molar-refractivity contribution in [1.82, 2.24) is 4.90 Å². The summed E-state index contributed by atoms with van der Waals surface area (Å²) < 4.78 is 0. The first kappa shape index (κ1) is 21.3. The summed E-state index contributed by atoms with van der Waals surface area (Å²) in [5, 5.41) is 24.2. The lowest BCUT2D eigenvalue weighted by atomic mass is 9.78. The van der Waals surface area contributed by atoms with E-state index in [1.807, 2.05) is 30.3 Å². The van der Waals surface area contributed by atoms with Crippen molar-refractivity contribution in [2.75, 3.05) is 25.0 Å². The molecule has 1 fully saturated rings. The molecule has 1 aliphatic rings. The van der Waals surface area contributed by atoms with Gasteiger partial charge in [-0.3, -0.25) is 14.9 Å². The number of likely N-dealkylation sites (tertiary alicyclic amines) is 1. The molecule has 0 saturated carbocycles. The molecule has 2 aromatic rings. The highest BCUT2D eigenvalue weighted by Gasteiger charge is 2.40. The second-order valence-corrected chi connectivity index (χ2v) is 7.82. The fourth-order valence-electron chi connectivity index (χ4n) is 3.89. The van der Waals surface area contributed by atoms with E-state index in [0.29, 0.717) is 30.9 Å². The number of nitro groups is 1. The van der Waals surface area contributed by atoms with Gasteiger partial charge in [0.15, 0.2) is 0 Å². The normalized spacial score (nSPS) is 15.3. The van der Waals surface area contributed by atoms with E-state index in [2.05, 4.69) is 11.4 Å². The summed E-state index contributed by atoms with van der Waals surface area (Å²) in [4.78, 5) is 26.2. The molecule has 0 aromatic heterocycles. The Bertz CT molecular complexity index is 949. The van der Waals surface area contributed by atoms with Crippen LogP contribution in [0.4, 0.5) is 11.4 Å². The van der Waals surface area contributed by atoms with Gasteiger partial charge in [-0.25, -0.2) is 0 Å². The molecule has 1 unspecified atom stereocenters. The SMILES string of the molecule is CC(CC#N)(C(=O)N1CCCC1)c1ccc(NCCc2ccccc2)c([N+](=O)[O-])c1. The Balaban J connectivity index is 1.84. The number of carbonyl (C=O) groups excluding carboxylic acids is 1. The zero-order chi connectivity index (χ0) is 21.6. The quantitative estimate of drug-likeness (QED) is 0.527. The van der Waals surface area contributed by atoms with Crippen LogP contribution in [-0.4, -0.2) is 35.4 Å². The van der Waals surface area contributed by atoms with Gasteiger partial charge in [-0.15, -0.1) is 0 Å². The summed E-state index contributed by atoms with van der Waals surface area (Å²) in [6, 6.07) is 16.8. The van der Waals surface area contributed by atoms with Gasteiger partial charge >= 0.3 is 0 Å². The summed E-state index contributed by atoms with van der Waals surface area (Å²) >= 11 is 0. The average molecular weight is 406 g/mol. The number of nitriles is 1. The maximum atomic E-state index is 13.1. The van der Waals surface area contributed by atoms with Crippen LogP contribution in [0.25, 0.3) is 0 Å². The Morgan fingerprint density at radius 3 is 2.57 bits per heavy atom. The van der Waals surface area contributed by atoms with Crippen LogP contribution in [0.2, 0.25) is 0 Å². The molecule has 1 saturated heterocycles. The zero-order valence-corrected chi connectivity index (χ0v) is 17.1. The number of nitrogens with one attached hydrogen (secondary N) is 1. The van der Waals surface area contributed by atoms with Crippen LogP contribution in [0.15, 0.2) is 48.5 Å². The van der Waals surface area contributed by atoms with Crippen LogP contribution < -0.4 is 5.32 Å². The first-order valence-electron chi connectivity index (χ1n) is 10.2. The van der Waals surface area contributed by atoms with E-state index in [1.165, 1.54) is 6.07 Å². The van der Waals surface area contributed by atoms with Crippen molar-refractivity contribution in [3.63, 3.8) is 0 Å². The Hall–Kier alpha value is -3.40. The molecule has 30 heavy (non-hydrogen) atoms. The van der Waals surface area contributed by atoms with E-state index in [-0.39, 0.29) is 18.0 Å². The molecule has 2 aromatic carbocycles. The molecular weight excluding hydrogens is 380 g/mol. The second-order valence-electron chi connectivity index (χ2n) is 7.82. The lowest BCUT2D eigenvalue weighted by molar-refractivity contribution is -0.384. The number of rotatable bonds is 8. The maximum absolute atomic E-state index is 13.1.